The molecule has 34 heavy (non-hydrogen) atoms. The van der Waals surface area contributed by atoms with Crippen LogP contribution in [0.15, 0.2) is 42.5 Å². The van der Waals surface area contributed by atoms with Gasteiger partial charge in [-0.3, -0.25) is 4.79 Å². The normalized spacial score (nSPS) is 11.3. The molecule has 0 aliphatic carbocycles. The first-order valence-corrected chi connectivity index (χ1v) is 12.7. The first-order valence-electron chi connectivity index (χ1n) is 12.7. The lowest BCUT2D eigenvalue weighted by Crippen LogP contribution is -2.36. The molecule has 0 saturated heterocycles. The lowest BCUT2D eigenvalue weighted by molar-refractivity contribution is -0.645. The van der Waals surface area contributed by atoms with Crippen molar-refractivity contribution in [3.8, 4) is 0 Å². The molecule has 0 unspecified atom stereocenters. The summed E-state index contributed by atoms with van der Waals surface area (Å²) < 4.78 is 2.47. The Kier molecular flexibility index (Phi) is 10.1. The topological polar surface area (TPSA) is 74.3 Å². The lowest BCUT2D eigenvalue weighted by Gasteiger charge is -2.14. The number of hydrogen-bond donors (Lipinski definition) is 3. The predicted molar refractivity (Wildman–Crippen MR) is 143 cm³/mol. The van der Waals surface area contributed by atoms with Gasteiger partial charge in [-0.2, -0.15) is 4.57 Å². The van der Waals surface area contributed by atoms with Crippen LogP contribution in [0.2, 0.25) is 0 Å². The highest BCUT2D eigenvalue weighted by molar-refractivity contribution is 5.90. The van der Waals surface area contributed by atoms with E-state index in [4.69, 9.17) is 5.73 Å². The fourth-order valence-electron chi connectivity index (χ4n) is 4.46. The number of nitrogens with two attached hydrogens (primary N) is 1. The van der Waals surface area contributed by atoms with Crippen molar-refractivity contribution < 1.29 is 9.36 Å². The number of amides is 1. The van der Waals surface area contributed by atoms with Crippen LogP contribution in [0.1, 0.15) is 50.5 Å². The van der Waals surface area contributed by atoms with Gasteiger partial charge in [0.1, 0.15) is 6.54 Å². The minimum atomic E-state index is 0.170. The molecule has 0 atom stereocenters. The number of carbonyl (C=O) groups excluding carboxylic acids is 1. The Balaban J connectivity index is 1.69. The molecule has 184 valence electrons. The number of fused-ring (bicyclic) bond motifs is 2. The van der Waals surface area contributed by atoms with E-state index in [0.29, 0.717) is 6.42 Å². The number of nitrogens with one attached hydrogen (secondary N) is 2. The molecule has 0 saturated carbocycles. The second kappa shape index (κ2) is 13.3. The van der Waals surface area contributed by atoms with Gasteiger partial charge in [-0.1, -0.05) is 12.5 Å². The van der Waals surface area contributed by atoms with Gasteiger partial charge in [0.05, 0.1) is 0 Å². The fraction of sp³-hybridized carbons (Fsp3) is 0.500. The van der Waals surface area contributed by atoms with E-state index < -0.39 is 0 Å². The number of hydrogen-bond acceptors (Lipinski definition) is 4. The molecular formula is C28H42N5O+. The van der Waals surface area contributed by atoms with Crippen molar-refractivity contribution >= 4 is 33.4 Å². The lowest BCUT2D eigenvalue weighted by atomic mass is 10.1. The van der Waals surface area contributed by atoms with Gasteiger partial charge in [-0.25, -0.2) is 0 Å². The third-order valence-corrected chi connectivity index (χ3v) is 6.39. The van der Waals surface area contributed by atoms with Gasteiger partial charge in [0, 0.05) is 68.6 Å². The molecule has 3 rings (SSSR count). The van der Waals surface area contributed by atoms with Crippen LogP contribution in [0.3, 0.4) is 0 Å². The van der Waals surface area contributed by atoms with E-state index in [1.165, 1.54) is 33.1 Å². The average molecular weight is 465 g/mol. The van der Waals surface area contributed by atoms with E-state index in [1.807, 2.05) is 7.05 Å². The SMILES string of the molecule is CNCc1ccc2cc3ccc(N(C)C)cc3[n+](CCCCCC(=O)NCCCCCN)c2c1. The molecule has 6 heteroatoms. The third kappa shape index (κ3) is 7.15. The number of anilines is 1. The number of aryl methyl sites for hydroxylation is 1. The van der Waals surface area contributed by atoms with Crippen LogP contribution in [-0.4, -0.2) is 40.1 Å². The summed E-state index contributed by atoms with van der Waals surface area (Å²) in [5.41, 5.74) is 10.5. The molecule has 1 heterocycles. The zero-order valence-electron chi connectivity index (χ0n) is 21.2. The maximum Gasteiger partial charge on any atom is 0.219 e. The van der Waals surface area contributed by atoms with Gasteiger partial charge < -0.3 is 21.3 Å². The van der Waals surface area contributed by atoms with Crippen LogP contribution in [0, 0.1) is 0 Å². The quantitative estimate of drug-likeness (QED) is 0.192. The van der Waals surface area contributed by atoms with Crippen molar-refractivity contribution in [2.24, 2.45) is 5.73 Å². The molecular weight excluding hydrogens is 422 g/mol. The van der Waals surface area contributed by atoms with Crippen molar-refractivity contribution in [1.29, 1.82) is 0 Å². The smallest absolute Gasteiger partial charge is 0.219 e. The minimum absolute atomic E-state index is 0.170. The number of benzene rings is 2. The van der Waals surface area contributed by atoms with Crippen LogP contribution >= 0.6 is 0 Å². The summed E-state index contributed by atoms with van der Waals surface area (Å²) in [4.78, 5) is 14.3. The van der Waals surface area contributed by atoms with E-state index >= 15 is 0 Å². The summed E-state index contributed by atoms with van der Waals surface area (Å²) in [6.45, 7) is 3.28. The highest BCUT2D eigenvalue weighted by atomic mass is 16.1. The van der Waals surface area contributed by atoms with E-state index in [1.54, 1.807) is 0 Å². The summed E-state index contributed by atoms with van der Waals surface area (Å²) >= 11 is 0. The third-order valence-electron chi connectivity index (χ3n) is 6.39. The zero-order chi connectivity index (χ0) is 24.3. The van der Waals surface area contributed by atoms with Gasteiger partial charge in [0.15, 0.2) is 0 Å². The molecule has 6 nitrogen and oxygen atoms in total. The van der Waals surface area contributed by atoms with Crippen molar-refractivity contribution in [1.82, 2.24) is 10.6 Å². The Bertz CT molecular complexity index is 1080. The summed E-state index contributed by atoms with van der Waals surface area (Å²) in [7, 11) is 6.15. The first kappa shape index (κ1) is 25.9. The number of unbranched alkanes of at least 4 members (excludes halogenated alkanes) is 4. The Morgan fingerprint density at radius 2 is 1.65 bits per heavy atom. The molecule has 0 bridgehead atoms. The Morgan fingerprint density at radius 1 is 0.912 bits per heavy atom. The Labute approximate surface area is 204 Å². The molecule has 3 aromatic rings. The zero-order valence-corrected chi connectivity index (χ0v) is 21.2. The van der Waals surface area contributed by atoms with Gasteiger partial charge in [0.2, 0.25) is 16.9 Å². The van der Waals surface area contributed by atoms with E-state index in [9.17, 15) is 4.79 Å². The van der Waals surface area contributed by atoms with E-state index in [-0.39, 0.29) is 5.91 Å². The molecule has 0 fully saturated rings. The summed E-state index contributed by atoms with van der Waals surface area (Å²) in [5, 5.41) is 8.82. The predicted octanol–water partition coefficient (Wildman–Crippen LogP) is 3.87. The maximum atomic E-state index is 12.1. The molecule has 0 aliphatic rings. The number of rotatable bonds is 14. The van der Waals surface area contributed by atoms with E-state index in [2.05, 4.69) is 76.7 Å². The fourth-order valence-corrected chi connectivity index (χ4v) is 4.46. The van der Waals surface area contributed by atoms with Crippen LogP contribution in [0.25, 0.3) is 21.8 Å². The second-order valence-corrected chi connectivity index (χ2v) is 9.37. The van der Waals surface area contributed by atoms with Gasteiger partial charge in [0.25, 0.3) is 0 Å². The van der Waals surface area contributed by atoms with Crippen molar-refractivity contribution in [3.05, 3.63) is 48.0 Å². The Hall–Kier alpha value is -2.70. The van der Waals surface area contributed by atoms with Gasteiger partial charge in [-0.15, -0.1) is 0 Å². The van der Waals surface area contributed by atoms with Gasteiger partial charge >= 0.3 is 0 Å². The van der Waals surface area contributed by atoms with Gasteiger partial charge in [-0.05, 0) is 69.1 Å². The Morgan fingerprint density at radius 3 is 2.38 bits per heavy atom. The second-order valence-electron chi connectivity index (χ2n) is 9.37. The van der Waals surface area contributed by atoms with Crippen molar-refractivity contribution in [2.45, 2.75) is 58.0 Å². The van der Waals surface area contributed by atoms with E-state index in [0.717, 1.165) is 64.7 Å². The number of aromatic nitrogens is 1. The van der Waals surface area contributed by atoms with Crippen molar-refractivity contribution in [2.75, 3.05) is 39.1 Å². The molecule has 2 aromatic carbocycles. The first-order chi connectivity index (χ1) is 16.5. The molecule has 1 amide bonds. The minimum Gasteiger partial charge on any atom is -0.377 e. The summed E-state index contributed by atoms with van der Waals surface area (Å²) in [6.07, 6.45) is 6.74. The van der Waals surface area contributed by atoms with Crippen LogP contribution < -0.4 is 25.8 Å². The molecule has 0 spiro atoms. The van der Waals surface area contributed by atoms with Crippen LogP contribution in [0.4, 0.5) is 5.69 Å². The highest BCUT2D eigenvalue weighted by Gasteiger charge is 2.17. The van der Waals surface area contributed by atoms with Crippen LogP contribution in [0.5, 0.6) is 0 Å². The number of carbonyl (C=O) groups is 1. The van der Waals surface area contributed by atoms with Crippen LogP contribution in [-0.2, 0) is 17.9 Å². The van der Waals surface area contributed by atoms with Crippen molar-refractivity contribution in [3.63, 3.8) is 0 Å². The largest absolute Gasteiger partial charge is 0.377 e. The summed E-state index contributed by atoms with van der Waals surface area (Å²) in [5.74, 6) is 0.170. The molecule has 1 aromatic heterocycles. The molecule has 0 radical (unpaired) electrons. The average Bonchev–Trinajstić information content (AvgIpc) is 2.83. The summed E-state index contributed by atoms with van der Waals surface area (Å²) in [6, 6.07) is 15.7. The molecule has 0 aliphatic heterocycles. The number of nitrogens with zero attached hydrogens (tertiary/aromatic N) is 2. The molecule has 4 N–H and O–H groups in total. The standard InChI is InChI=1S/C28H41N5O/c1-30-21-22-11-12-23-19-24-13-14-25(32(2)3)20-27(24)33(26(23)18-22)17-9-4-6-10-28(34)31-16-8-5-7-15-29/h11-14,18-20,30H,4-10,15-17,21,29H2,1-3H3/p+1. The monoisotopic (exact) mass is 464 g/mol. The number of pyridine rings is 1. The highest BCUT2D eigenvalue weighted by Crippen LogP contribution is 2.24. The maximum absolute atomic E-state index is 12.1.